The standard InChI is InChI=1S/C8H9NO.C6H7N3O/c10-7-9-6-8-4-2-1-3-5-8;1-4-5(2)10-6-7-3-8-9(4)6/h1-5,7H,6H2,(H,9,10);3H,1-2H3. The molecule has 1 aromatic carbocycles. The Morgan fingerprint density at radius 1 is 1.30 bits per heavy atom. The number of amides is 1. The zero-order chi connectivity index (χ0) is 14.4. The number of carbonyl (C=O) groups is 1. The zero-order valence-corrected chi connectivity index (χ0v) is 11.4. The number of carbonyl (C=O) groups excluding carboxylic acids is 1. The van der Waals surface area contributed by atoms with Gasteiger partial charge < -0.3 is 9.73 Å². The van der Waals surface area contributed by atoms with Crippen molar-refractivity contribution in [3.63, 3.8) is 0 Å². The lowest BCUT2D eigenvalue weighted by molar-refractivity contribution is -0.109. The molecule has 3 aromatic rings. The summed E-state index contributed by atoms with van der Waals surface area (Å²) in [6, 6.07) is 9.78. The molecule has 6 nitrogen and oxygen atoms in total. The van der Waals surface area contributed by atoms with Gasteiger partial charge in [-0.3, -0.25) is 4.79 Å². The fourth-order valence-electron chi connectivity index (χ4n) is 1.65. The first-order valence-electron chi connectivity index (χ1n) is 6.19. The molecule has 0 fully saturated rings. The van der Waals surface area contributed by atoms with Crippen LogP contribution in [-0.2, 0) is 11.3 Å². The van der Waals surface area contributed by atoms with Crippen LogP contribution in [0.5, 0.6) is 0 Å². The summed E-state index contributed by atoms with van der Waals surface area (Å²) >= 11 is 0. The molecule has 0 spiro atoms. The Labute approximate surface area is 116 Å². The van der Waals surface area contributed by atoms with Crippen molar-refractivity contribution in [2.75, 3.05) is 0 Å². The summed E-state index contributed by atoms with van der Waals surface area (Å²) in [4.78, 5) is 13.8. The molecule has 0 saturated carbocycles. The highest BCUT2D eigenvalue weighted by molar-refractivity contribution is 5.46. The van der Waals surface area contributed by atoms with E-state index in [1.165, 1.54) is 6.33 Å². The van der Waals surface area contributed by atoms with Gasteiger partial charge in [0.2, 0.25) is 6.41 Å². The van der Waals surface area contributed by atoms with E-state index in [0.29, 0.717) is 18.8 Å². The number of aromatic nitrogens is 3. The molecular weight excluding hydrogens is 256 g/mol. The van der Waals surface area contributed by atoms with Crippen molar-refractivity contribution in [2.45, 2.75) is 20.4 Å². The van der Waals surface area contributed by atoms with Crippen molar-refractivity contribution in [2.24, 2.45) is 0 Å². The van der Waals surface area contributed by atoms with Crippen molar-refractivity contribution < 1.29 is 9.21 Å². The van der Waals surface area contributed by atoms with Crippen LogP contribution in [0.3, 0.4) is 0 Å². The summed E-state index contributed by atoms with van der Waals surface area (Å²) in [7, 11) is 0. The van der Waals surface area contributed by atoms with E-state index in [4.69, 9.17) is 4.42 Å². The van der Waals surface area contributed by atoms with Gasteiger partial charge in [-0.2, -0.15) is 14.6 Å². The van der Waals surface area contributed by atoms with Crippen LogP contribution in [0.4, 0.5) is 0 Å². The highest BCUT2D eigenvalue weighted by Crippen LogP contribution is 2.10. The molecule has 0 saturated heterocycles. The van der Waals surface area contributed by atoms with E-state index in [1.54, 1.807) is 4.52 Å². The zero-order valence-electron chi connectivity index (χ0n) is 11.4. The fourth-order valence-corrected chi connectivity index (χ4v) is 1.65. The lowest BCUT2D eigenvalue weighted by Gasteiger charge is -1.96. The first-order chi connectivity index (χ1) is 9.72. The number of nitrogens with zero attached hydrogens (tertiary/aromatic N) is 3. The monoisotopic (exact) mass is 272 g/mol. The second-order valence-electron chi connectivity index (χ2n) is 4.18. The Bertz CT molecular complexity index is 673. The van der Waals surface area contributed by atoms with E-state index in [1.807, 2.05) is 44.2 Å². The summed E-state index contributed by atoms with van der Waals surface area (Å²) in [6.45, 7) is 4.45. The summed E-state index contributed by atoms with van der Waals surface area (Å²) in [6.07, 6.45) is 2.18. The number of hydrogen-bond acceptors (Lipinski definition) is 4. The minimum Gasteiger partial charge on any atom is -0.427 e. The Balaban J connectivity index is 0.000000147. The van der Waals surface area contributed by atoms with Crippen molar-refractivity contribution >= 4 is 12.3 Å². The van der Waals surface area contributed by atoms with Crippen LogP contribution in [0.1, 0.15) is 17.0 Å². The molecule has 6 heteroatoms. The van der Waals surface area contributed by atoms with Crippen LogP contribution >= 0.6 is 0 Å². The van der Waals surface area contributed by atoms with Crippen LogP contribution in [0.25, 0.3) is 5.84 Å². The molecule has 1 N–H and O–H groups in total. The Morgan fingerprint density at radius 3 is 2.70 bits per heavy atom. The van der Waals surface area contributed by atoms with E-state index >= 15 is 0 Å². The molecule has 104 valence electrons. The number of oxazole rings is 1. The molecule has 20 heavy (non-hydrogen) atoms. The second-order valence-corrected chi connectivity index (χ2v) is 4.18. The average Bonchev–Trinajstić information content (AvgIpc) is 3.03. The summed E-state index contributed by atoms with van der Waals surface area (Å²) in [5, 5.41) is 6.53. The lowest BCUT2D eigenvalue weighted by atomic mass is 10.2. The van der Waals surface area contributed by atoms with Crippen LogP contribution in [0.2, 0.25) is 0 Å². The number of benzene rings is 1. The number of nitrogens with one attached hydrogen (secondary N) is 1. The van der Waals surface area contributed by atoms with Crippen molar-refractivity contribution in [3.05, 3.63) is 53.7 Å². The van der Waals surface area contributed by atoms with E-state index in [0.717, 1.165) is 17.0 Å². The molecule has 0 unspecified atom stereocenters. The third-order valence-corrected chi connectivity index (χ3v) is 2.82. The van der Waals surface area contributed by atoms with Gasteiger partial charge in [0.25, 0.3) is 0 Å². The summed E-state index contributed by atoms with van der Waals surface area (Å²) in [5.74, 6) is 1.44. The fraction of sp³-hybridized carbons (Fsp3) is 0.214. The molecule has 0 aliphatic carbocycles. The van der Waals surface area contributed by atoms with Crippen molar-refractivity contribution in [1.29, 1.82) is 0 Å². The maximum Gasteiger partial charge on any atom is 0.324 e. The van der Waals surface area contributed by atoms with Gasteiger partial charge in [0, 0.05) is 6.54 Å². The van der Waals surface area contributed by atoms with E-state index in [2.05, 4.69) is 15.4 Å². The van der Waals surface area contributed by atoms with Crippen molar-refractivity contribution in [1.82, 2.24) is 19.9 Å². The van der Waals surface area contributed by atoms with Gasteiger partial charge in [-0.15, -0.1) is 0 Å². The van der Waals surface area contributed by atoms with E-state index in [9.17, 15) is 4.79 Å². The molecule has 0 aliphatic rings. The molecule has 0 bridgehead atoms. The molecule has 0 atom stereocenters. The smallest absolute Gasteiger partial charge is 0.324 e. The molecule has 0 radical (unpaired) electrons. The minimum absolute atomic E-state index is 0.565. The Morgan fingerprint density at radius 2 is 2.05 bits per heavy atom. The van der Waals surface area contributed by atoms with Gasteiger partial charge >= 0.3 is 5.84 Å². The number of aryl methyl sites for hydroxylation is 2. The molecule has 1 amide bonds. The highest BCUT2D eigenvalue weighted by atomic mass is 16.4. The molecule has 0 aliphatic heterocycles. The third-order valence-electron chi connectivity index (χ3n) is 2.82. The normalized spacial score (nSPS) is 9.90. The van der Waals surface area contributed by atoms with Crippen LogP contribution in [0.15, 0.2) is 41.1 Å². The van der Waals surface area contributed by atoms with E-state index < -0.39 is 0 Å². The number of rotatable bonds is 3. The average molecular weight is 272 g/mol. The third kappa shape index (κ3) is 3.23. The van der Waals surface area contributed by atoms with Gasteiger partial charge in [-0.1, -0.05) is 30.3 Å². The molecule has 2 heterocycles. The van der Waals surface area contributed by atoms with Crippen LogP contribution in [-0.4, -0.2) is 21.0 Å². The molecular formula is C14H16N4O2. The van der Waals surface area contributed by atoms with E-state index in [-0.39, 0.29) is 0 Å². The van der Waals surface area contributed by atoms with Gasteiger partial charge in [0.05, 0.1) is 5.69 Å². The predicted molar refractivity (Wildman–Crippen MR) is 74.1 cm³/mol. The summed E-state index contributed by atoms with van der Waals surface area (Å²) < 4.78 is 6.90. The second kappa shape index (κ2) is 6.51. The van der Waals surface area contributed by atoms with Crippen LogP contribution < -0.4 is 5.32 Å². The highest BCUT2D eigenvalue weighted by Gasteiger charge is 2.05. The first-order valence-corrected chi connectivity index (χ1v) is 6.19. The first kappa shape index (κ1) is 13.8. The topological polar surface area (TPSA) is 72.4 Å². The summed E-state index contributed by atoms with van der Waals surface area (Å²) in [5.41, 5.74) is 2.13. The Kier molecular flexibility index (Phi) is 4.49. The van der Waals surface area contributed by atoms with Gasteiger partial charge in [0.15, 0.2) is 0 Å². The molecule has 3 rings (SSSR count). The Hall–Kier alpha value is -2.63. The predicted octanol–water partition coefficient (Wildman–Crippen LogP) is 1.87. The van der Waals surface area contributed by atoms with Gasteiger partial charge in [-0.25, -0.2) is 0 Å². The van der Waals surface area contributed by atoms with Gasteiger partial charge in [-0.05, 0) is 19.4 Å². The number of hydrogen-bond donors (Lipinski definition) is 1. The van der Waals surface area contributed by atoms with Gasteiger partial charge in [0.1, 0.15) is 12.1 Å². The SMILES string of the molecule is Cc1oc2ncnn2c1C.O=CNCc1ccccc1. The minimum atomic E-state index is 0.565. The maximum absolute atomic E-state index is 9.87. The quantitative estimate of drug-likeness (QED) is 0.739. The van der Waals surface area contributed by atoms with Crippen LogP contribution in [0, 0.1) is 13.8 Å². The molecule has 2 aromatic heterocycles. The largest absolute Gasteiger partial charge is 0.427 e. The number of fused-ring (bicyclic) bond motifs is 1. The lowest BCUT2D eigenvalue weighted by Crippen LogP contribution is -2.09. The van der Waals surface area contributed by atoms with Crippen molar-refractivity contribution in [3.8, 4) is 0 Å². The maximum atomic E-state index is 9.87.